The Kier molecular flexibility index (Phi) is 7.54. The fourth-order valence-electron chi connectivity index (χ4n) is 2.25. The zero-order valence-corrected chi connectivity index (χ0v) is 12.7. The number of rotatable bonds is 7. The summed E-state index contributed by atoms with van der Waals surface area (Å²) >= 11 is 0. The molecule has 1 aliphatic heterocycles. The average Bonchev–Trinajstić information content (AvgIpc) is 2.47. The van der Waals surface area contributed by atoms with E-state index in [1.54, 1.807) is 18.9 Å². The first-order valence-corrected chi connectivity index (χ1v) is 7.18. The van der Waals surface area contributed by atoms with E-state index < -0.39 is 0 Å². The molecule has 0 radical (unpaired) electrons. The molecule has 1 rings (SSSR count). The van der Waals surface area contributed by atoms with E-state index >= 15 is 0 Å². The fraction of sp³-hybridized carbons (Fsp3) is 0.857. The van der Waals surface area contributed by atoms with Crippen molar-refractivity contribution < 1.29 is 19.1 Å². The van der Waals surface area contributed by atoms with Gasteiger partial charge in [0, 0.05) is 13.6 Å². The molecule has 1 fully saturated rings. The van der Waals surface area contributed by atoms with Gasteiger partial charge >= 0.3 is 5.97 Å². The number of nitrogens with zero attached hydrogens (tertiary/aromatic N) is 1. The average molecular weight is 286 g/mol. The van der Waals surface area contributed by atoms with Crippen LogP contribution in [0.5, 0.6) is 0 Å². The second-order valence-electron chi connectivity index (χ2n) is 5.27. The Morgan fingerprint density at radius 3 is 2.60 bits per heavy atom. The number of piperidine rings is 1. The third-order valence-electron chi connectivity index (χ3n) is 3.53. The standard InChI is InChI=1S/C14H26N2O4/c1-11(14(18)19-3)10-16(2)13(17)6-9-20-12-4-7-15-8-5-12/h11-12,15H,4-10H2,1-3H3. The molecule has 1 aliphatic rings. The molecule has 1 atom stereocenters. The van der Waals surface area contributed by atoms with Gasteiger partial charge < -0.3 is 19.7 Å². The molecule has 1 N–H and O–H groups in total. The minimum atomic E-state index is -0.306. The molecule has 1 amide bonds. The number of hydrogen-bond donors (Lipinski definition) is 1. The largest absolute Gasteiger partial charge is 0.469 e. The SMILES string of the molecule is COC(=O)C(C)CN(C)C(=O)CCOC1CCNCC1. The van der Waals surface area contributed by atoms with E-state index in [-0.39, 0.29) is 23.9 Å². The van der Waals surface area contributed by atoms with Crippen LogP contribution in [0.3, 0.4) is 0 Å². The summed E-state index contributed by atoms with van der Waals surface area (Å²) in [6.45, 7) is 4.53. The first-order chi connectivity index (χ1) is 9.54. The third-order valence-corrected chi connectivity index (χ3v) is 3.53. The van der Waals surface area contributed by atoms with Crippen molar-refractivity contribution in [3.05, 3.63) is 0 Å². The van der Waals surface area contributed by atoms with Crippen molar-refractivity contribution in [3.63, 3.8) is 0 Å². The molecule has 0 bridgehead atoms. The van der Waals surface area contributed by atoms with Crippen molar-refractivity contribution in [2.24, 2.45) is 5.92 Å². The zero-order chi connectivity index (χ0) is 15.0. The van der Waals surface area contributed by atoms with Crippen molar-refractivity contribution in [2.75, 3.05) is 40.4 Å². The summed E-state index contributed by atoms with van der Waals surface area (Å²) in [5, 5.41) is 3.27. The number of ether oxygens (including phenoxy) is 2. The van der Waals surface area contributed by atoms with Crippen LogP contribution in [-0.4, -0.2) is 63.3 Å². The molecule has 0 saturated carbocycles. The Morgan fingerprint density at radius 1 is 1.35 bits per heavy atom. The maximum Gasteiger partial charge on any atom is 0.310 e. The first-order valence-electron chi connectivity index (χ1n) is 7.18. The van der Waals surface area contributed by atoms with Gasteiger partial charge in [-0.25, -0.2) is 0 Å². The summed E-state index contributed by atoms with van der Waals surface area (Å²) in [5.41, 5.74) is 0. The number of methoxy groups -OCH3 is 1. The van der Waals surface area contributed by atoms with Crippen LogP contribution in [0.1, 0.15) is 26.2 Å². The summed E-state index contributed by atoms with van der Waals surface area (Å²) in [4.78, 5) is 24.8. The predicted molar refractivity (Wildman–Crippen MR) is 75.3 cm³/mol. The zero-order valence-electron chi connectivity index (χ0n) is 12.7. The van der Waals surface area contributed by atoms with Crippen LogP contribution in [-0.2, 0) is 19.1 Å². The third kappa shape index (κ3) is 5.88. The van der Waals surface area contributed by atoms with Crippen LogP contribution < -0.4 is 5.32 Å². The lowest BCUT2D eigenvalue weighted by atomic mass is 10.1. The molecule has 0 aliphatic carbocycles. The van der Waals surface area contributed by atoms with Crippen molar-refractivity contribution in [3.8, 4) is 0 Å². The summed E-state index contributed by atoms with van der Waals surface area (Å²) in [5.74, 6) is -0.607. The van der Waals surface area contributed by atoms with Crippen LogP contribution >= 0.6 is 0 Å². The molecule has 0 aromatic heterocycles. The van der Waals surface area contributed by atoms with Gasteiger partial charge in [-0.1, -0.05) is 6.92 Å². The highest BCUT2D eigenvalue weighted by Gasteiger charge is 2.19. The van der Waals surface area contributed by atoms with Gasteiger partial charge in [0.1, 0.15) is 0 Å². The van der Waals surface area contributed by atoms with E-state index in [0.29, 0.717) is 19.6 Å². The van der Waals surface area contributed by atoms with Gasteiger partial charge in [0.25, 0.3) is 0 Å². The molecule has 1 saturated heterocycles. The second-order valence-corrected chi connectivity index (χ2v) is 5.27. The van der Waals surface area contributed by atoms with Crippen molar-refractivity contribution in [1.82, 2.24) is 10.2 Å². The van der Waals surface area contributed by atoms with Gasteiger partial charge in [0.05, 0.1) is 32.2 Å². The van der Waals surface area contributed by atoms with Gasteiger partial charge in [-0.05, 0) is 25.9 Å². The minimum Gasteiger partial charge on any atom is -0.469 e. The lowest BCUT2D eigenvalue weighted by Gasteiger charge is -2.24. The molecule has 0 spiro atoms. The Morgan fingerprint density at radius 2 is 2.00 bits per heavy atom. The Hall–Kier alpha value is -1.14. The molecule has 20 heavy (non-hydrogen) atoms. The molecule has 1 unspecified atom stereocenters. The number of nitrogens with one attached hydrogen (secondary N) is 1. The first kappa shape index (κ1) is 16.9. The second kappa shape index (κ2) is 8.92. The highest BCUT2D eigenvalue weighted by atomic mass is 16.5. The van der Waals surface area contributed by atoms with Crippen LogP contribution in [0.2, 0.25) is 0 Å². The molecule has 1 heterocycles. The van der Waals surface area contributed by atoms with Crippen molar-refractivity contribution in [2.45, 2.75) is 32.3 Å². The lowest BCUT2D eigenvalue weighted by molar-refractivity contribution is -0.146. The smallest absolute Gasteiger partial charge is 0.310 e. The van der Waals surface area contributed by atoms with Crippen LogP contribution in [0.15, 0.2) is 0 Å². The van der Waals surface area contributed by atoms with E-state index in [9.17, 15) is 9.59 Å². The quantitative estimate of drug-likeness (QED) is 0.687. The summed E-state index contributed by atoms with van der Waals surface area (Å²) in [7, 11) is 3.06. The Bertz CT molecular complexity index is 316. The molecular formula is C14H26N2O4. The van der Waals surface area contributed by atoms with E-state index in [1.165, 1.54) is 7.11 Å². The molecule has 0 aromatic carbocycles. The maximum atomic E-state index is 11.9. The highest BCUT2D eigenvalue weighted by molar-refractivity contribution is 5.77. The number of hydrogen-bond acceptors (Lipinski definition) is 5. The normalized spacial score (nSPS) is 17.6. The topological polar surface area (TPSA) is 67.9 Å². The Balaban J connectivity index is 2.19. The molecular weight excluding hydrogens is 260 g/mol. The van der Waals surface area contributed by atoms with Crippen LogP contribution in [0.25, 0.3) is 0 Å². The van der Waals surface area contributed by atoms with Gasteiger partial charge in [-0.3, -0.25) is 9.59 Å². The van der Waals surface area contributed by atoms with Gasteiger partial charge in [-0.15, -0.1) is 0 Å². The Labute approximate surface area is 120 Å². The molecule has 0 aromatic rings. The minimum absolute atomic E-state index is 0.00492. The van der Waals surface area contributed by atoms with Gasteiger partial charge in [0.15, 0.2) is 0 Å². The summed E-state index contributed by atoms with van der Waals surface area (Å²) in [6, 6.07) is 0. The number of amides is 1. The molecule has 6 heteroatoms. The van der Waals surface area contributed by atoms with Crippen molar-refractivity contribution in [1.29, 1.82) is 0 Å². The number of carbonyl (C=O) groups excluding carboxylic acids is 2. The maximum absolute atomic E-state index is 11.9. The van der Waals surface area contributed by atoms with Gasteiger partial charge in [0.2, 0.25) is 5.91 Å². The lowest BCUT2D eigenvalue weighted by Crippen LogP contribution is -2.36. The van der Waals surface area contributed by atoms with E-state index in [2.05, 4.69) is 10.1 Å². The fourth-order valence-corrected chi connectivity index (χ4v) is 2.25. The van der Waals surface area contributed by atoms with E-state index in [1.807, 2.05) is 0 Å². The summed E-state index contributed by atoms with van der Waals surface area (Å²) < 4.78 is 10.3. The highest BCUT2D eigenvalue weighted by Crippen LogP contribution is 2.08. The van der Waals surface area contributed by atoms with Crippen LogP contribution in [0.4, 0.5) is 0 Å². The number of esters is 1. The number of carbonyl (C=O) groups is 2. The van der Waals surface area contributed by atoms with E-state index in [4.69, 9.17) is 4.74 Å². The molecule has 116 valence electrons. The van der Waals surface area contributed by atoms with Crippen LogP contribution in [0, 0.1) is 5.92 Å². The monoisotopic (exact) mass is 286 g/mol. The van der Waals surface area contributed by atoms with Crippen molar-refractivity contribution >= 4 is 11.9 Å². The summed E-state index contributed by atoms with van der Waals surface area (Å²) in [6.07, 6.45) is 2.63. The van der Waals surface area contributed by atoms with E-state index in [0.717, 1.165) is 25.9 Å². The molecule has 6 nitrogen and oxygen atoms in total. The predicted octanol–water partition coefficient (Wildman–Crippen LogP) is 0.413. The van der Waals surface area contributed by atoms with Gasteiger partial charge in [-0.2, -0.15) is 0 Å².